The number of amides is 2. The number of likely N-dealkylation sites (tertiary alicyclic amines) is 1. The van der Waals surface area contributed by atoms with E-state index in [1.165, 1.54) is 11.8 Å². The van der Waals surface area contributed by atoms with E-state index >= 15 is 0 Å². The molecular weight excluding hydrogens is 318 g/mol. The first kappa shape index (κ1) is 19.9. The van der Waals surface area contributed by atoms with E-state index in [0.29, 0.717) is 25.9 Å². The molecule has 4 N–H and O–H groups in total. The minimum Gasteiger partial charge on any atom is -0.480 e. The molecule has 1 aliphatic rings. The van der Waals surface area contributed by atoms with Gasteiger partial charge in [0.25, 0.3) is 0 Å². The lowest BCUT2D eigenvalue weighted by atomic mass is 10.1. The van der Waals surface area contributed by atoms with E-state index in [9.17, 15) is 24.3 Å². The number of aliphatic carboxylic acids is 2. The third kappa shape index (κ3) is 5.48. The molecule has 0 aromatic carbocycles. The van der Waals surface area contributed by atoms with Crippen molar-refractivity contribution in [3.05, 3.63) is 0 Å². The summed E-state index contributed by atoms with van der Waals surface area (Å²) in [5.41, 5.74) is 0. The zero-order valence-electron chi connectivity index (χ0n) is 13.9. The van der Waals surface area contributed by atoms with Crippen molar-refractivity contribution in [3.63, 3.8) is 0 Å². The number of hydrogen-bond acceptors (Lipinski definition) is 5. The fourth-order valence-corrected chi connectivity index (χ4v) is 2.65. The van der Waals surface area contributed by atoms with Gasteiger partial charge in [-0.25, -0.2) is 4.79 Å². The van der Waals surface area contributed by atoms with E-state index in [1.807, 2.05) is 6.92 Å². The van der Waals surface area contributed by atoms with Gasteiger partial charge < -0.3 is 20.4 Å². The topological polar surface area (TPSA) is 136 Å². The minimum absolute atomic E-state index is 0.296. The number of carboxylic acids is 2. The summed E-state index contributed by atoms with van der Waals surface area (Å²) in [5, 5.41) is 23.5. The van der Waals surface area contributed by atoms with Crippen molar-refractivity contribution in [1.29, 1.82) is 0 Å². The number of nitrogens with one attached hydrogen (secondary N) is 2. The quantitative estimate of drug-likeness (QED) is 0.439. The molecule has 136 valence electrons. The van der Waals surface area contributed by atoms with Gasteiger partial charge in [0.05, 0.1) is 12.5 Å². The van der Waals surface area contributed by atoms with Crippen LogP contribution in [0.3, 0.4) is 0 Å². The highest BCUT2D eigenvalue weighted by atomic mass is 16.4. The summed E-state index contributed by atoms with van der Waals surface area (Å²) in [6, 6.07) is -2.99. The summed E-state index contributed by atoms with van der Waals surface area (Å²) < 4.78 is 0. The molecule has 0 aliphatic carbocycles. The summed E-state index contributed by atoms with van der Waals surface area (Å²) in [4.78, 5) is 47.8. The Labute approximate surface area is 140 Å². The molecule has 1 saturated heterocycles. The van der Waals surface area contributed by atoms with E-state index in [4.69, 9.17) is 5.11 Å². The van der Waals surface area contributed by atoms with Crippen LogP contribution in [0.25, 0.3) is 0 Å². The van der Waals surface area contributed by atoms with E-state index in [1.54, 1.807) is 0 Å². The van der Waals surface area contributed by atoms with Crippen molar-refractivity contribution in [2.24, 2.45) is 0 Å². The zero-order chi connectivity index (χ0) is 18.3. The largest absolute Gasteiger partial charge is 0.480 e. The highest BCUT2D eigenvalue weighted by molar-refractivity contribution is 5.89. The molecule has 1 aliphatic heterocycles. The number of hydrogen-bond donors (Lipinski definition) is 4. The smallest absolute Gasteiger partial charge is 0.326 e. The van der Waals surface area contributed by atoms with Crippen LogP contribution in [0.15, 0.2) is 0 Å². The normalized spacial score (nSPS) is 19.6. The second-order valence-electron chi connectivity index (χ2n) is 5.86. The highest BCUT2D eigenvalue weighted by Crippen LogP contribution is 2.18. The third-order valence-corrected chi connectivity index (χ3v) is 3.90. The van der Waals surface area contributed by atoms with Crippen molar-refractivity contribution in [1.82, 2.24) is 15.5 Å². The van der Waals surface area contributed by atoms with Crippen LogP contribution in [0.1, 0.15) is 39.5 Å². The maximum absolute atomic E-state index is 12.4. The second-order valence-corrected chi connectivity index (χ2v) is 5.86. The molecule has 24 heavy (non-hydrogen) atoms. The Balaban J connectivity index is 2.65. The number of carbonyl (C=O) groups excluding carboxylic acids is 2. The minimum atomic E-state index is -1.24. The summed E-state index contributed by atoms with van der Waals surface area (Å²) in [6.45, 7) is 4.13. The standard InChI is InChI=1S/C15H25N3O6/c1-3-6-16-12(19)8-10(14(21)22)17-9(2)13(20)18-7-4-5-11(18)15(23)24/h9-11,17H,3-8H2,1-2H3,(H,16,19)(H,21,22)(H,23,24)/t9-,10?,11-/m0/s1. The van der Waals surface area contributed by atoms with Gasteiger partial charge in [0.1, 0.15) is 12.1 Å². The lowest BCUT2D eigenvalue weighted by molar-refractivity contribution is -0.149. The summed E-state index contributed by atoms with van der Waals surface area (Å²) in [6.07, 6.45) is 1.42. The maximum atomic E-state index is 12.4. The van der Waals surface area contributed by atoms with Crippen LogP contribution in [0.4, 0.5) is 0 Å². The second kappa shape index (κ2) is 9.21. The van der Waals surface area contributed by atoms with Gasteiger partial charge in [0.15, 0.2) is 0 Å². The average molecular weight is 343 g/mol. The van der Waals surface area contributed by atoms with Crippen LogP contribution >= 0.6 is 0 Å². The predicted octanol–water partition coefficient (Wildman–Crippen LogP) is -0.590. The van der Waals surface area contributed by atoms with Gasteiger partial charge in [0, 0.05) is 13.1 Å². The molecule has 2 amide bonds. The SMILES string of the molecule is CCCNC(=O)CC(N[C@@H](C)C(=O)N1CCC[C@H]1C(=O)O)C(=O)O. The van der Waals surface area contributed by atoms with Crippen molar-refractivity contribution in [2.45, 2.75) is 57.7 Å². The van der Waals surface area contributed by atoms with Crippen molar-refractivity contribution >= 4 is 23.8 Å². The van der Waals surface area contributed by atoms with Crippen molar-refractivity contribution in [3.8, 4) is 0 Å². The number of carbonyl (C=O) groups is 4. The van der Waals surface area contributed by atoms with Gasteiger partial charge in [-0.05, 0) is 26.2 Å². The predicted molar refractivity (Wildman–Crippen MR) is 84.3 cm³/mol. The first-order valence-electron chi connectivity index (χ1n) is 8.06. The summed E-state index contributed by atoms with van der Waals surface area (Å²) >= 11 is 0. The first-order valence-corrected chi connectivity index (χ1v) is 8.06. The molecule has 0 bridgehead atoms. The van der Waals surface area contributed by atoms with Crippen molar-refractivity contribution < 1.29 is 29.4 Å². The molecule has 9 heteroatoms. The Morgan fingerprint density at radius 3 is 2.46 bits per heavy atom. The third-order valence-electron chi connectivity index (χ3n) is 3.90. The molecule has 1 unspecified atom stereocenters. The van der Waals surface area contributed by atoms with E-state index in [2.05, 4.69) is 10.6 Å². The zero-order valence-corrected chi connectivity index (χ0v) is 13.9. The summed E-state index contributed by atoms with van der Waals surface area (Å²) in [7, 11) is 0. The Kier molecular flexibility index (Phi) is 7.63. The molecule has 1 rings (SSSR count). The molecule has 9 nitrogen and oxygen atoms in total. The van der Waals surface area contributed by atoms with Gasteiger partial charge in [0.2, 0.25) is 11.8 Å². The number of rotatable bonds is 9. The first-order chi connectivity index (χ1) is 11.3. The van der Waals surface area contributed by atoms with E-state index in [-0.39, 0.29) is 6.42 Å². The Morgan fingerprint density at radius 1 is 1.25 bits per heavy atom. The van der Waals surface area contributed by atoms with Gasteiger partial charge >= 0.3 is 11.9 Å². The van der Waals surface area contributed by atoms with Crippen LogP contribution in [0.5, 0.6) is 0 Å². The van der Waals surface area contributed by atoms with Crippen molar-refractivity contribution in [2.75, 3.05) is 13.1 Å². The van der Waals surface area contributed by atoms with Gasteiger partial charge in [-0.2, -0.15) is 0 Å². The number of nitrogens with zero attached hydrogens (tertiary/aromatic N) is 1. The molecular formula is C15H25N3O6. The van der Waals surface area contributed by atoms with Crippen LogP contribution in [-0.2, 0) is 19.2 Å². The van der Waals surface area contributed by atoms with Crippen LogP contribution in [0.2, 0.25) is 0 Å². The Morgan fingerprint density at radius 2 is 1.92 bits per heavy atom. The molecule has 0 spiro atoms. The molecule has 0 aromatic heterocycles. The molecule has 0 aromatic rings. The molecule has 0 radical (unpaired) electrons. The van der Waals surface area contributed by atoms with E-state index in [0.717, 1.165) is 6.42 Å². The molecule has 3 atom stereocenters. The van der Waals surface area contributed by atoms with Gasteiger partial charge in [-0.3, -0.25) is 19.7 Å². The monoisotopic (exact) mass is 343 g/mol. The lowest BCUT2D eigenvalue weighted by Crippen LogP contribution is -2.53. The van der Waals surface area contributed by atoms with Gasteiger partial charge in [-0.1, -0.05) is 6.92 Å². The highest BCUT2D eigenvalue weighted by Gasteiger charge is 2.37. The Hall–Kier alpha value is -2.16. The van der Waals surface area contributed by atoms with Crippen LogP contribution < -0.4 is 10.6 Å². The molecule has 0 saturated carbocycles. The van der Waals surface area contributed by atoms with Gasteiger partial charge in [-0.15, -0.1) is 0 Å². The average Bonchev–Trinajstić information content (AvgIpc) is 3.00. The molecule has 1 heterocycles. The summed E-state index contributed by atoms with van der Waals surface area (Å²) in [5.74, 6) is -3.19. The van der Waals surface area contributed by atoms with Crippen LogP contribution in [-0.4, -0.2) is 70.1 Å². The maximum Gasteiger partial charge on any atom is 0.326 e. The van der Waals surface area contributed by atoms with Crippen LogP contribution in [0, 0.1) is 0 Å². The lowest BCUT2D eigenvalue weighted by Gasteiger charge is -2.27. The Bertz CT molecular complexity index is 496. The number of carboxylic acid groups (broad SMARTS) is 2. The van der Waals surface area contributed by atoms with E-state index < -0.39 is 41.9 Å². The fraction of sp³-hybridized carbons (Fsp3) is 0.733. The molecule has 1 fully saturated rings. The fourth-order valence-electron chi connectivity index (χ4n) is 2.65.